The van der Waals surface area contributed by atoms with Crippen molar-refractivity contribution >= 4 is 31.6 Å². The summed E-state index contributed by atoms with van der Waals surface area (Å²) in [5.41, 5.74) is 2.11. The van der Waals surface area contributed by atoms with Crippen molar-refractivity contribution in [2.24, 2.45) is 0 Å². The predicted octanol–water partition coefficient (Wildman–Crippen LogP) is 1.91. The second-order valence-corrected chi connectivity index (χ2v) is 11.7. The number of carbonyl (C=O) groups excluding carboxylic acids is 1. The van der Waals surface area contributed by atoms with Gasteiger partial charge in [-0.3, -0.25) is 4.79 Å². The lowest BCUT2D eigenvalue weighted by Gasteiger charge is -2.25. The molecule has 9 nitrogen and oxygen atoms in total. The van der Waals surface area contributed by atoms with Crippen LogP contribution in [0.3, 0.4) is 0 Å². The number of nitrogens with zero attached hydrogens (tertiary/aromatic N) is 2. The fraction of sp³-hybridized carbons (Fsp3) is 0.409. The molecule has 0 spiro atoms. The summed E-state index contributed by atoms with van der Waals surface area (Å²) in [5, 5.41) is 0. The minimum atomic E-state index is -4.09. The monoisotopic (exact) mass is 495 g/mol. The molecule has 1 heterocycles. The number of methoxy groups -OCH3 is 1. The van der Waals surface area contributed by atoms with Gasteiger partial charge in [0.15, 0.2) is 0 Å². The Balaban J connectivity index is 1.91. The lowest BCUT2D eigenvalue weighted by molar-refractivity contribution is -0.116. The van der Waals surface area contributed by atoms with Crippen LogP contribution in [0.2, 0.25) is 0 Å². The lowest BCUT2D eigenvalue weighted by atomic mass is 10.0. The van der Waals surface area contributed by atoms with Gasteiger partial charge in [0.1, 0.15) is 10.6 Å². The number of hydrogen-bond acceptors (Lipinski definition) is 7. The molecular weight excluding hydrogens is 466 g/mol. The molecule has 2 aromatic carbocycles. The molecule has 0 radical (unpaired) electrons. The zero-order chi connectivity index (χ0) is 24.4. The zero-order valence-corrected chi connectivity index (χ0v) is 20.7. The van der Waals surface area contributed by atoms with Gasteiger partial charge in [-0.2, -0.15) is 0 Å². The highest BCUT2D eigenvalue weighted by atomic mass is 32.2. The lowest BCUT2D eigenvalue weighted by Crippen LogP contribution is -2.35. The molecule has 1 saturated heterocycles. The predicted molar refractivity (Wildman–Crippen MR) is 126 cm³/mol. The maximum absolute atomic E-state index is 13.2. The number of amides is 1. The van der Waals surface area contributed by atoms with Crippen molar-refractivity contribution in [3.8, 4) is 5.75 Å². The van der Waals surface area contributed by atoms with Crippen LogP contribution in [0.15, 0.2) is 47.4 Å². The van der Waals surface area contributed by atoms with E-state index >= 15 is 0 Å². The summed E-state index contributed by atoms with van der Waals surface area (Å²) >= 11 is 0. The molecule has 1 amide bonds. The summed E-state index contributed by atoms with van der Waals surface area (Å²) in [5.74, 6) is -0.858. The van der Waals surface area contributed by atoms with Gasteiger partial charge in [0, 0.05) is 19.0 Å². The van der Waals surface area contributed by atoms with E-state index < -0.39 is 26.0 Å². The number of sulfonamides is 2. The minimum absolute atomic E-state index is 0.0296. The maximum atomic E-state index is 13.2. The molecule has 1 aliphatic rings. The van der Waals surface area contributed by atoms with Gasteiger partial charge in [0.05, 0.1) is 18.6 Å². The van der Waals surface area contributed by atoms with Crippen molar-refractivity contribution < 1.29 is 26.4 Å². The number of nitrogens with one attached hydrogen (secondary N) is 1. The SMILES string of the molecule is CCc1ccc(C(CNS(=O)(=O)c2cc(N3C(=O)CCS3(=O)=O)ccc2OC)N(C)C)cc1. The second-order valence-electron chi connectivity index (χ2n) is 7.99. The smallest absolute Gasteiger partial charge is 0.244 e. The van der Waals surface area contributed by atoms with Crippen LogP contribution < -0.4 is 13.8 Å². The normalized spacial score (nSPS) is 16.9. The van der Waals surface area contributed by atoms with Gasteiger partial charge in [-0.15, -0.1) is 0 Å². The summed E-state index contributed by atoms with van der Waals surface area (Å²) in [6, 6.07) is 11.6. The molecule has 180 valence electrons. The number of likely N-dealkylation sites (N-methyl/N-ethyl adjacent to an activating group) is 1. The first-order chi connectivity index (χ1) is 15.5. The Bertz CT molecular complexity index is 1230. The van der Waals surface area contributed by atoms with Crippen molar-refractivity contribution in [1.29, 1.82) is 0 Å². The van der Waals surface area contributed by atoms with Crippen LogP contribution in [-0.2, 0) is 31.3 Å². The second kappa shape index (κ2) is 9.80. The Labute approximate surface area is 195 Å². The molecule has 0 saturated carbocycles. The van der Waals surface area contributed by atoms with Crippen LogP contribution in [0, 0.1) is 0 Å². The molecule has 1 N–H and O–H groups in total. The molecule has 0 bridgehead atoms. The largest absolute Gasteiger partial charge is 0.495 e. The first-order valence-corrected chi connectivity index (χ1v) is 13.6. The van der Waals surface area contributed by atoms with Gasteiger partial charge in [0.25, 0.3) is 0 Å². The third-order valence-electron chi connectivity index (χ3n) is 5.61. The highest BCUT2D eigenvalue weighted by molar-refractivity contribution is 7.94. The fourth-order valence-corrected chi connectivity index (χ4v) is 6.39. The quantitative estimate of drug-likeness (QED) is 0.565. The van der Waals surface area contributed by atoms with E-state index in [9.17, 15) is 21.6 Å². The van der Waals surface area contributed by atoms with Crippen LogP contribution in [0.4, 0.5) is 5.69 Å². The molecule has 11 heteroatoms. The number of rotatable bonds is 9. The fourth-order valence-electron chi connectivity index (χ4n) is 3.71. The Morgan fingerprint density at radius 3 is 2.33 bits per heavy atom. The molecule has 0 aromatic heterocycles. The standard InChI is InChI=1S/C22H29N3O6S2/c1-5-16-6-8-17(9-7-16)19(24(2)3)15-23-33(29,30)21-14-18(10-11-20(21)31-4)25-22(26)12-13-32(25,27)28/h6-11,14,19,23H,5,12-13,15H2,1-4H3. The highest BCUT2D eigenvalue weighted by Gasteiger charge is 2.37. The van der Waals surface area contributed by atoms with Crippen LogP contribution in [-0.4, -0.2) is 61.1 Å². The Hall–Kier alpha value is -2.47. The summed E-state index contributed by atoms with van der Waals surface area (Å²) in [4.78, 5) is 13.8. The van der Waals surface area contributed by atoms with Crippen LogP contribution >= 0.6 is 0 Å². The first kappa shape index (κ1) is 25.2. The van der Waals surface area contributed by atoms with Gasteiger partial charge in [-0.05, 0) is 49.8 Å². The molecular formula is C22H29N3O6S2. The van der Waals surface area contributed by atoms with Gasteiger partial charge in [0.2, 0.25) is 26.0 Å². The third-order valence-corrected chi connectivity index (χ3v) is 8.75. The van der Waals surface area contributed by atoms with Crippen molar-refractivity contribution in [2.75, 3.05) is 37.8 Å². The van der Waals surface area contributed by atoms with Crippen molar-refractivity contribution in [3.63, 3.8) is 0 Å². The Morgan fingerprint density at radius 2 is 1.82 bits per heavy atom. The van der Waals surface area contributed by atoms with E-state index in [1.54, 1.807) is 0 Å². The van der Waals surface area contributed by atoms with E-state index in [1.165, 1.54) is 24.8 Å². The molecule has 0 aliphatic carbocycles. The van der Waals surface area contributed by atoms with Crippen molar-refractivity contribution in [1.82, 2.24) is 9.62 Å². The number of anilines is 1. The zero-order valence-electron chi connectivity index (χ0n) is 19.1. The number of hydrogen-bond donors (Lipinski definition) is 1. The minimum Gasteiger partial charge on any atom is -0.495 e. The van der Waals surface area contributed by atoms with E-state index in [4.69, 9.17) is 4.74 Å². The Morgan fingerprint density at radius 1 is 1.15 bits per heavy atom. The summed E-state index contributed by atoms with van der Waals surface area (Å²) < 4.78 is 59.5. The molecule has 1 aliphatic heterocycles. The number of aryl methyl sites for hydroxylation is 1. The first-order valence-electron chi connectivity index (χ1n) is 10.5. The average molecular weight is 496 g/mol. The van der Waals surface area contributed by atoms with Crippen LogP contribution in [0.25, 0.3) is 0 Å². The Kier molecular flexibility index (Phi) is 7.47. The summed E-state index contributed by atoms with van der Waals surface area (Å²) in [6.07, 6.45) is 0.765. The van der Waals surface area contributed by atoms with Gasteiger partial charge in [-0.25, -0.2) is 25.9 Å². The third kappa shape index (κ3) is 5.37. The van der Waals surface area contributed by atoms with E-state index in [0.717, 1.165) is 18.1 Å². The number of ether oxygens (including phenoxy) is 1. The van der Waals surface area contributed by atoms with E-state index in [-0.39, 0.29) is 41.1 Å². The summed E-state index contributed by atoms with van der Waals surface area (Å²) in [7, 11) is -2.88. The molecule has 2 aromatic rings. The van der Waals surface area contributed by atoms with Gasteiger partial charge in [-0.1, -0.05) is 31.2 Å². The van der Waals surface area contributed by atoms with Gasteiger partial charge >= 0.3 is 0 Å². The van der Waals surface area contributed by atoms with Gasteiger partial charge < -0.3 is 9.64 Å². The highest BCUT2D eigenvalue weighted by Crippen LogP contribution is 2.32. The molecule has 33 heavy (non-hydrogen) atoms. The van der Waals surface area contributed by atoms with Crippen LogP contribution in [0.1, 0.15) is 30.5 Å². The molecule has 1 atom stereocenters. The van der Waals surface area contributed by atoms with E-state index in [1.807, 2.05) is 43.3 Å². The van der Waals surface area contributed by atoms with Crippen molar-refractivity contribution in [2.45, 2.75) is 30.7 Å². The van der Waals surface area contributed by atoms with E-state index in [2.05, 4.69) is 11.6 Å². The number of carbonyl (C=O) groups is 1. The van der Waals surface area contributed by atoms with Crippen LogP contribution in [0.5, 0.6) is 5.75 Å². The van der Waals surface area contributed by atoms with E-state index in [0.29, 0.717) is 4.31 Å². The van der Waals surface area contributed by atoms with Crippen molar-refractivity contribution in [3.05, 3.63) is 53.6 Å². The average Bonchev–Trinajstić information content (AvgIpc) is 3.05. The maximum Gasteiger partial charge on any atom is 0.244 e. The number of benzene rings is 2. The topological polar surface area (TPSA) is 113 Å². The molecule has 3 rings (SSSR count). The summed E-state index contributed by atoms with van der Waals surface area (Å²) in [6.45, 7) is 2.14. The molecule has 1 fully saturated rings. The molecule has 1 unspecified atom stereocenters.